The average Bonchev–Trinajstić information content (AvgIpc) is 1.60. The van der Waals surface area contributed by atoms with Gasteiger partial charge >= 0.3 is 0 Å². The molecular weight excluding hydrogens is 114 g/mol. The Morgan fingerprint density at radius 2 is 2.11 bits per heavy atom. The molecule has 0 radical (unpaired) electrons. The van der Waals surface area contributed by atoms with Gasteiger partial charge in [-0.15, -0.1) is 0 Å². The molecule has 0 heterocycles. The van der Waals surface area contributed by atoms with Crippen LogP contribution in [0.5, 0.6) is 0 Å². The van der Waals surface area contributed by atoms with Crippen molar-refractivity contribution in [3.8, 4) is 0 Å². The van der Waals surface area contributed by atoms with E-state index in [1.165, 1.54) is 19.3 Å². The van der Waals surface area contributed by atoms with Crippen LogP contribution in [0.1, 0.15) is 26.2 Å². The summed E-state index contributed by atoms with van der Waals surface area (Å²) in [4.78, 5) is 0. The van der Waals surface area contributed by atoms with Crippen LogP contribution in [0.4, 0.5) is 0 Å². The molecule has 0 aromatic rings. The van der Waals surface area contributed by atoms with Crippen LogP contribution in [0, 0.1) is 5.92 Å². The highest BCUT2D eigenvalue weighted by atomic mass is 16.3. The molecular formula is C7H15NO. The van der Waals surface area contributed by atoms with E-state index in [0.717, 1.165) is 0 Å². The second kappa shape index (κ2) is 2.67. The van der Waals surface area contributed by atoms with Gasteiger partial charge in [-0.1, -0.05) is 6.42 Å². The maximum Gasteiger partial charge on any atom is 0.0665 e. The first kappa shape index (κ1) is 7.03. The van der Waals surface area contributed by atoms with Gasteiger partial charge in [-0.05, 0) is 25.7 Å². The lowest BCUT2D eigenvalue weighted by atomic mass is 9.78. The molecule has 1 fully saturated rings. The highest BCUT2D eigenvalue weighted by Gasteiger charge is 2.26. The predicted octanol–water partition coefficient (Wildman–Crippen LogP) is 0.495. The van der Waals surface area contributed by atoms with E-state index < -0.39 is 0 Å². The number of nitrogens with two attached hydrogens (primary N) is 1. The molecule has 1 rings (SSSR count). The van der Waals surface area contributed by atoms with Gasteiger partial charge in [0.1, 0.15) is 0 Å². The summed E-state index contributed by atoms with van der Waals surface area (Å²) in [6.45, 7) is 1.77. The van der Waals surface area contributed by atoms with E-state index in [1.807, 2.05) is 0 Å². The molecule has 1 aliphatic rings. The second-order valence-electron chi connectivity index (χ2n) is 3.01. The Balaban J connectivity index is 2.23. The first-order valence-electron chi connectivity index (χ1n) is 3.65. The van der Waals surface area contributed by atoms with Gasteiger partial charge < -0.3 is 10.8 Å². The molecule has 0 spiro atoms. The molecule has 54 valence electrons. The third-order valence-electron chi connectivity index (χ3n) is 2.25. The molecule has 1 aliphatic carbocycles. The van der Waals surface area contributed by atoms with Crippen molar-refractivity contribution >= 4 is 0 Å². The first-order valence-corrected chi connectivity index (χ1v) is 3.65. The Labute approximate surface area is 56.1 Å². The zero-order valence-electron chi connectivity index (χ0n) is 5.88. The summed E-state index contributed by atoms with van der Waals surface area (Å²) in [6, 6.07) is 0.0266. The average molecular weight is 129 g/mol. The van der Waals surface area contributed by atoms with Gasteiger partial charge in [0.2, 0.25) is 0 Å². The number of hydrogen-bond acceptors (Lipinski definition) is 2. The zero-order chi connectivity index (χ0) is 6.85. The van der Waals surface area contributed by atoms with Crippen LogP contribution >= 0.6 is 0 Å². The van der Waals surface area contributed by atoms with Crippen LogP contribution < -0.4 is 5.73 Å². The Hall–Kier alpha value is -0.0800. The van der Waals surface area contributed by atoms with Gasteiger partial charge in [0, 0.05) is 6.04 Å². The van der Waals surface area contributed by atoms with E-state index >= 15 is 0 Å². The molecule has 0 aromatic heterocycles. The Bertz CT molecular complexity index is 88.9. The summed E-state index contributed by atoms with van der Waals surface area (Å²) in [7, 11) is 0. The molecule has 0 amide bonds. The summed E-state index contributed by atoms with van der Waals surface area (Å²) < 4.78 is 0. The van der Waals surface area contributed by atoms with Gasteiger partial charge in [0.05, 0.1) is 6.10 Å². The maximum absolute atomic E-state index is 9.03. The van der Waals surface area contributed by atoms with Crippen molar-refractivity contribution in [1.29, 1.82) is 0 Å². The van der Waals surface area contributed by atoms with Gasteiger partial charge in [-0.2, -0.15) is 0 Å². The summed E-state index contributed by atoms with van der Waals surface area (Å²) in [5.41, 5.74) is 5.67. The zero-order valence-corrected chi connectivity index (χ0v) is 5.88. The summed E-state index contributed by atoms with van der Waals surface area (Å²) >= 11 is 0. The number of hydrogen-bond donors (Lipinski definition) is 2. The minimum atomic E-state index is -0.324. The smallest absolute Gasteiger partial charge is 0.0665 e. The van der Waals surface area contributed by atoms with Crippen molar-refractivity contribution in [3.63, 3.8) is 0 Å². The van der Waals surface area contributed by atoms with Crippen molar-refractivity contribution in [2.45, 2.75) is 38.3 Å². The van der Waals surface area contributed by atoms with E-state index in [-0.39, 0.29) is 12.1 Å². The van der Waals surface area contributed by atoms with Crippen LogP contribution in [-0.4, -0.2) is 17.3 Å². The monoisotopic (exact) mass is 129 g/mol. The van der Waals surface area contributed by atoms with Crippen molar-refractivity contribution in [2.24, 2.45) is 11.7 Å². The minimum Gasteiger partial charge on any atom is -0.392 e. The van der Waals surface area contributed by atoms with Crippen LogP contribution in [0.3, 0.4) is 0 Å². The third kappa shape index (κ3) is 1.43. The Morgan fingerprint density at radius 1 is 1.56 bits per heavy atom. The fourth-order valence-corrected chi connectivity index (χ4v) is 1.22. The first-order chi connectivity index (χ1) is 4.22. The van der Waals surface area contributed by atoms with Crippen molar-refractivity contribution in [2.75, 3.05) is 0 Å². The number of aliphatic hydroxyl groups is 1. The molecule has 1 saturated carbocycles. The summed E-state index contributed by atoms with van der Waals surface area (Å²) in [5.74, 6) is 0.602. The molecule has 0 aliphatic heterocycles. The molecule has 9 heavy (non-hydrogen) atoms. The second-order valence-corrected chi connectivity index (χ2v) is 3.01. The SMILES string of the molecule is CC(O)C(N)C1CCC1. The van der Waals surface area contributed by atoms with Crippen LogP contribution in [0.25, 0.3) is 0 Å². The van der Waals surface area contributed by atoms with E-state index in [2.05, 4.69) is 0 Å². The fraction of sp³-hybridized carbons (Fsp3) is 1.00. The van der Waals surface area contributed by atoms with Crippen molar-refractivity contribution in [3.05, 3.63) is 0 Å². The van der Waals surface area contributed by atoms with E-state index in [9.17, 15) is 0 Å². The molecule has 2 atom stereocenters. The number of rotatable bonds is 2. The van der Waals surface area contributed by atoms with Crippen LogP contribution in [0.2, 0.25) is 0 Å². The normalized spacial score (nSPS) is 27.0. The fourth-order valence-electron chi connectivity index (χ4n) is 1.22. The van der Waals surface area contributed by atoms with E-state index in [4.69, 9.17) is 10.8 Å². The largest absolute Gasteiger partial charge is 0.392 e. The molecule has 2 unspecified atom stereocenters. The molecule has 2 nitrogen and oxygen atoms in total. The highest BCUT2D eigenvalue weighted by Crippen LogP contribution is 2.29. The molecule has 0 bridgehead atoms. The van der Waals surface area contributed by atoms with Gasteiger partial charge in [0.25, 0.3) is 0 Å². The van der Waals surface area contributed by atoms with Crippen molar-refractivity contribution < 1.29 is 5.11 Å². The topological polar surface area (TPSA) is 46.2 Å². The quantitative estimate of drug-likeness (QED) is 0.570. The van der Waals surface area contributed by atoms with Crippen LogP contribution in [-0.2, 0) is 0 Å². The molecule has 2 heteroatoms. The predicted molar refractivity (Wildman–Crippen MR) is 37.0 cm³/mol. The standard InChI is InChI=1S/C7H15NO/c1-5(9)7(8)6-3-2-4-6/h5-7,9H,2-4,8H2,1H3. The van der Waals surface area contributed by atoms with Gasteiger partial charge in [0.15, 0.2) is 0 Å². The van der Waals surface area contributed by atoms with Gasteiger partial charge in [-0.3, -0.25) is 0 Å². The maximum atomic E-state index is 9.03. The van der Waals surface area contributed by atoms with E-state index in [0.29, 0.717) is 5.92 Å². The lowest BCUT2D eigenvalue weighted by Crippen LogP contribution is -2.42. The third-order valence-corrected chi connectivity index (χ3v) is 2.25. The Kier molecular flexibility index (Phi) is 2.09. The molecule has 0 saturated heterocycles. The number of aliphatic hydroxyl groups excluding tert-OH is 1. The molecule has 0 aromatic carbocycles. The lowest BCUT2D eigenvalue weighted by Gasteiger charge is -2.32. The highest BCUT2D eigenvalue weighted by molar-refractivity contribution is 4.82. The molecule has 3 N–H and O–H groups in total. The lowest BCUT2D eigenvalue weighted by molar-refractivity contribution is 0.104. The summed E-state index contributed by atoms with van der Waals surface area (Å²) in [5, 5.41) is 9.03. The van der Waals surface area contributed by atoms with Crippen LogP contribution in [0.15, 0.2) is 0 Å². The van der Waals surface area contributed by atoms with Crippen molar-refractivity contribution in [1.82, 2.24) is 0 Å². The Morgan fingerprint density at radius 3 is 2.22 bits per heavy atom. The van der Waals surface area contributed by atoms with Gasteiger partial charge in [-0.25, -0.2) is 0 Å². The van der Waals surface area contributed by atoms with E-state index in [1.54, 1.807) is 6.92 Å². The minimum absolute atomic E-state index is 0.0266. The summed E-state index contributed by atoms with van der Waals surface area (Å²) in [6.07, 6.45) is 3.40.